The largest absolute Gasteiger partial charge is 0.346 e. The normalized spacial score (nSPS) is 17.3. The molecule has 28 heavy (non-hydrogen) atoms. The van der Waals surface area contributed by atoms with Gasteiger partial charge in [-0.25, -0.2) is 9.18 Å². The molecule has 3 amide bonds. The number of pyridine rings is 2. The van der Waals surface area contributed by atoms with Crippen molar-refractivity contribution in [1.82, 2.24) is 20.2 Å². The van der Waals surface area contributed by atoms with E-state index in [-0.39, 0.29) is 23.8 Å². The predicted octanol–water partition coefficient (Wildman–Crippen LogP) is 2.20. The van der Waals surface area contributed by atoms with E-state index >= 15 is 0 Å². The predicted molar refractivity (Wildman–Crippen MR) is 96.3 cm³/mol. The van der Waals surface area contributed by atoms with Crippen molar-refractivity contribution in [3.05, 3.63) is 53.4 Å². The molecule has 1 saturated carbocycles. The lowest BCUT2D eigenvalue weighted by atomic mass is 10.0. The Morgan fingerprint density at radius 3 is 2.96 bits per heavy atom. The third-order valence-electron chi connectivity index (χ3n) is 5.06. The van der Waals surface area contributed by atoms with Crippen molar-refractivity contribution in [1.29, 1.82) is 5.26 Å². The van der Waals surface area contributed by atoms with Gasteiger partial charge in [0.25, 0.3) is 0 Å². The Balaban J connectivity index is 1.49. The summed E-state index contributed by atoms with van der Waals surface area (Å²) in [6.45, 7) is 1.42. The minimum absolute atomic E-state index is 0.0311. The molecular weight excluding hydrogens is 363 g/mol. The molecule has 0 aromatic carbocycles. The number of fused-ring (bicyclic) bond motifs is 2. The van der Waals surface area contributed by atoms with Gasteiger partial charge < -0.3 is 15.5 Å². The number of nitrogens with one attached hydrogen (secondary N) is 2. The lowest BCUT2D eigenvalue weighted by Gasteiger charge is -2.36. The summed E-state index contributed by atoms with van der Waals surface area (Å²) in [5, 5.41) is 14.2. The fourth-order valence-electron chi connectivity index (χ4n) is 3.56. The van der Waals surface area contributed by atoms with Crippen LogP contribution in [0.1, 0.15) is 42.8 Å². The van der Waals surface area contributed by atoms with E-state index in [4.69, 9.17) is 5.26 Å². The Hall–Kier alpha value is -3.54. The number of anilines is 1. The molecular formula is C19H17FN6O2. The van der Waals surface area contributed by atoms with E-state index in [9.17, 15) is 14.0 Å². The molecule has 2 aromatic rings. The Labute approximate surface area is 160 Å². The van der Waals surface area contributed by atoms with Gasteiger partial charge >= 0.3 is 6.03 Å². The Morgan fingerprint density at radius 2 is 2.29 bits per heavy atom. The van der Waals surface area contributed by atoms with E-state index in [2.05, 4.69) is 20.6 Å². The molecule has 3 heterocycles. The third-order valence-corrected chi connectivity index (χ3v) is 5.06. The maximum Gasteiger partial charge on any atom is 0.323 e. The molecule has 1 aliphatic carbocycles. The highest BCUT2D eigenvalue weighted by atomic mass is 19.1. The minimum Gasteiger partial charge on any atom is -0.346 e. The van der Waals surface area contributed by atoms with E-state index in [0.717, 1.165) is 24.6 Å². The quantitative estimate of drug-likeness (QED) is 0.845. The topological polar surface area (TPSA) is 111 Å². The van der Waals surface area contributed by atoms with Crippen molar-refractivity contribution >= 4 is 17.6 Å². The van der Waals surface area contributed by atoms with Gasteiger partial charge in [-0.3, -0.25) is 14.8 Å². The maximum atomic E-state index is 14.1. The SMILES string of the molecule is C[C@@H](NC(=O)CN1C(=O)Nc2cccnc2C12CC2)c1ncc(C#N)cc1F. The van der Waals surface area contributed by atoms with Gasteiger partial charge in [-0.15, -0.1) is 0 Å². The smallest absolute Gasteiger partial charge is 0.323 e. The molecule has 2 aliphatic rings. The van der Waals surface area contributed by atoms with Crippen LogP contribution in [0.5, 0.6) is 0 Å². The van der Waals surface area contributed by atoms with E-state index in [1.54, 1.807) is 25.3 Å². The molecule has 9 heteroatoms. The van der Waals surface area contributed by atoms with Crippen molar-refractivity contribution in [2.24, 2.45) is 0 Å². The van der Waals surface area contributed by atoms with Crippen LogP contribution < -0.4 is 10.6 Å². The van der Waals surface area contributed by atoms with Gasteiger partial charge in [0, 0.05) is 12.4 Å². The van der Waals surface area contributed by atoms with Crippen LogP contribution in [0.25, 0.3) is 0 Å². The average molecular weight is 380 g/mol. The first-order chi connectivity index (χ1) is 13.4. The summed E-state index contributed by atoms with van der Waals surface area (Å²) < 4.78 is 14.1. The zero-order valence-corrected chi connectivity index (χ0v) is 15.1. The van der Waals surface area contributed by atoms with Crippen molar-refractivity contribution in [2.45, 2.75) is 31.3 Å². The van der Waals surface area contributed by atoms with E-state index in [1.165, 1.54) is 11.1 Å². The zero-order chi connectivity index (χ0) is 19.9. The second-order valence-corrected chi connectivity index (χ2v) is 6.94. The Bertz CT molecular complexity index is 1010. The average Bonchev–Trinajstić information content (AvgIpc) is 3.46. The van der Waals surface area contributed by atoms with Crippen LogP contribution in [-0.2, 0) is 10.3 Å². The molecule has 1 atom stereocenters. The van der Waals surface area contributed by atoms with Crippen LogP contribution in [0, 0.1) is 17.1 Å². The zero-order valence-electron chi connectivity index (χ0n) is 15.1. The molecule has 0 bridgehead atoms. The van der Waals surface area contributed by atoms with Crippen molar-refractivity contribution in [3.63, 3.8) is 0 Å². The summed E-state index contributed by atoms with van der Waals surface area (Å²) >= 11 is 0. The van der Waals surface area contributed by atoms with Crippen LogP contribution in [0.4, 0.5) is 14.9 Å². The number of nitrogens with zero attached hydrogens (tertiary/aromatic N) is 4. The lowest BCUT2D eigenvalue weighted by Crippen LogP contribution is -2.52. The first-order valence-corrected chi connectivity index (χ1v) is 8.83. The molecule has 4 rings (SSSR count). The first-order valence-electron chi connectivity index (χ1n) is 8.83. The van der Waals surface area contributed by atoms with Crippen LogP contribution in [-0.4, -0.2) is 33.4 Å². The minimum atomic E-state index is -0.714. The summed E-state index contributed by atoms with van der Waals surface area (Å²) in [7, 11) is 0. The second kappa shape index (κ2) is 6.56. The van der Waals surface area contributed by atoms with E-state index in [1.807, 2.05) is 6.07 Å². The van der Waals surface area contributed by atoms with Crippen molar-refractivity contribution in [2.75, 3.05) is 11.9 Å². The number of rotatable bonds is 4. The van der Waals surface area contributed by atoms with Gasteiger partial charge in [0.15, 0.2) is 0 Å². The highest BCUT2D eigenvalue weighted by molar-refractivity contribution is 5.96. The number of hydrogen-bond donors (Lipinski definition) is 2. The maximum absolute atomic E-state index is 14.1. The van der Waals surface area contributed by atoms with Crippen molar-refractivity contribution < 1.29 is 14.0 Å². The molecule has 0 unspecified atom stereocenters. The second-order valence-electron chi connectivity index (χ2n) is 6.94. The number of aromatic nitrogens is 2. The Morgan fingerprint density at radius 1 is 1.50 bits per heavy atom. The highest BCUT2D eigenvalue weighted by Crippen LogP contribution is 2.54. The summed E-state index contributed by atoms with van der Waals surface area (Å²) in [6.07, 6.45) is 4.38. The van der Waals surface area contributed by atoms with Crippen molar-refractivity contribution in [3.8, 4) is 6.07 Å². The molecule has 1 fully saturated rings. The Kier molecular flexibility index (Phi) is 4.19. The van der Waals surface area contributed by atoms with Crippen LogP contribution in [0.15, 0.2) is 30.6 Å². The third kappa shape index (κ3) is 2.93. The molecule has 0 radical (unpaired) electrons. The number of nitriles is 1. The number of carbonyl (C=O) groups is 2. The fraction of sp³-hybridized carbons (Fsp3) is 0.316. The fourth-order valence-corrected chi connectivity index (χ4v) is 3.56. The highest BCUT2D eigenvalue weighted by Gasteiger charge is 2.56. The molecule has 8 nitrogen and oxygen atoms in total. The van der Waals surface area contributed by atoms with E-state index in [0.29, 0.717) is 5.69 Å². The molecule has 0 saturated heterocycles. The van der Waals surface area contributed by atoms with Gasteiger partial charge in [-0.1, -0.05) is 0 Å². The van der Waals surface area contributed by atoms with Crippen LogP contribution in [0.2, 0.25) is 0 Å². The number of amides is 3. The van der Waals surface area contributed by atoms with Crippen LogP contribution >= 0.6 is 0 Å². The summed E-state index contributed by atoms with van der Waals surface area (Å²) in [4.78, 5) is 34.9. The lowest BCUT2D eigenvalue weighted by molar-refractivity contribution is -0.123. The number of urea groups is 1. The van der Waals surface area contributed by atoms with Gasteiger partial charge in [0.05, 0.1) is 34.2 Å². The molecule has 1 spiro atoms. The monoisotopic (exact) mass is 380 g/mol. The summed E-state index contributed by atoms with van der Waals surface area (Å²) in [5.74, 6) is -1.10. The van der Waals surface area contributed by atoms with Gasteiger partial charge in [0.1, 0.15) is 18.4 Å². The standard InChI is InChI=1S/C19H17FN6O2/c1-11(16-13(20)7-12(8-21)9-23-16)24-15(27)10-26-18(28)25-14-3-2-6-22-17(14)19(26)4-5-19/h2-3,6-7,9,11H,4-5,10H2,1H3,(H,24,27)(H,25,28)/t11-/m1/s1. The molecule has 2 N–H and O–H groups in total. The van der Waals surface area contributed by atoms with Gasteiger partial charge in [-0.05, 0) is 38.0 Å². The summed E-state index contributed by atoms with van der Waals surface area (Å²) in [5.41, 5.74) is 1.00. The van der Waals surface area contributed by atoms with Gasteiger partial charge in [0.2, 0.25) is 5.91 Å². The molecule has 1 aliphatic heterocycles. The van der Waals surface area contributed by atoms with Crippen LogP contribution in [0.3, 0.4) is 0 Å². The summed E-state index contributed by atoms with van der Waals surface area (Å²) in [6, 6.07) is 5.35. The number of halogens is 1. The first kappa shape index (κ1) is 17.9. The number of carbonyl (C=O) groups excluding carboxylic acids is 2. The van der Waals surface area contributed by atoms with Gasteiger partial charge in [-0.2, -0.15) is 5.26 Å². The van der Waals surface area contributed by atoms with E-state index < -0.39 is 23.3 Å². The number of hydrogen-bond acceptors (Lipinski definition) is 5. The molecule has 2 aromatic heterocycles. The molecule has 142 valence electrons.